The third-order valence-electron chi connectivity index (χ3n) is 4.71. The number of aromatic nitrogens is 1. The van der Waals surface area contributed by atoms with Crippen LogP contribution >= 0.6 is 0 Å². The van der Waals surface area contributed by atoms with Gasteiger partial charge < -0.3 is 15.8 Å². The maximum Gasteiger partial charge on any atom is 0.249 e. The van der Waals surface area contributed by atoms with Gasteiger partial charge in [0.25, 0.3) is 0 Å². The second-order valence-corrected chi connectivity index (χ2v) is 6.44. The Balaban J connectivity index is 1.40. The summed E-state index contributed by atoms with van der Waals surface area (Å²) in [4.78, 5) is 19.0. The van der Waals surface area contributed by atoms with E-state index in [0.717, 1.165) is 51.0 Å². The maximum atomic E-state index is 12.2. The molecule has 2 atom stereocenters. The summed E-state index contributed by atoms with van der Waals surface area (Å²) in [6, 6.07) is 6.26. The minimum Gasteiger partial charge on any atom is -0.364 e. The SMILES string of the molecule is NC[C@H]1CC[C@@H](C(=O)NC2CCN(Cc3ccccn3)CC2)O1. The number of hydrogen-bond donors (Lipinski definition) is 2. The van der Waals surface area contributed by atoms with Crippen LogP contribution in [0.5, 0.6) is 0 Å². The molecule has 2 aliphatic heterocycles. The van der Waals surface area contributed by atoms with Gasteiger partial charge in [-0.05, 0) is 37.8 Å². The van der Waals surface area contributed by atoms with Crippen molar-refractivity contribution in [2.24, 2.45) is 5.73 Å². The Bertz CT molecular complexity index is 503. The molecule has 1 aromatic rings. The molecule has 2 saturated heterocycles. The van der Waals surface area contributed by atoms with Gasteiger partial charge in [-0.2, -0.15) is 0 Å². The molecule has 0 bridgehead atoms. The number of nitrogens with zero attached hydrogens (tertiary/aromatic N) is 2. The number of pyridine rings is 1. The highest BCUT2D eigenvalue weighted by atomic mass is 16.5. The normalized spacial score (nSPS) is 26.3. The number of nitrogens with two attached hydrogens (primary N) is 1. The molecular formula is C17H26N4O2. The molecule has 0 radical (unpaired) electrons. The number of rotatable bonds is 5. The predicted molar refractivity (Wildman–Crippen MR) is 87.6 cm³/mol. The molecule has 1 amide bonds. The van der Waals surface area contributed by atoms with E-state index in [9.17, 15) is 4.79 Å². The number of nitrogens with one attached hydrogen (secondary N) is 1. The van der Waals surface area contributed by atoms with Crippen LogP contribution in [0.3, 0.4) is 0 Å². The molecule has 2 aliphatic rings. The van der Waals surface area contributed by atoms with Crippen molar-refractivity contribution in [3.8, 4) is 0 Å². The molecule has 0 aromatic carbocycles. The lowest BCUT2D eigenvalue weighted by atomic mass is 10.0. The number of ether oxygens (including phenoxy) is 1. The van der Waals surface area contributed by atoms with Gasteiger partial charge in [0.2, 0.25) is 5.91 Å². The number of hydrogen-bond acceptors (Lipinski definition) is 5. The highest BCUT2D eigenvalue weighted by molar-refractivity contribution is 5.81. The van der Waals surface area contributed by atoms with Gasteiger partial charge in [-0.15, -0.1) is 0 Å². The summed E-state index contributed by atoms with van der Waals surface area (Å²) in [5, 5.41) is 3.14. The van der Waals surface area contributed by atoms with Gasteiger partial charge in [0.1, 0.15) is 6.10 Å². The zero-order valence-electron chi connectivity index (χ0n) is 13.5. The Morgan fingerprint density at radius 2 is 2.13 bits per heavy atom. The molecule has 6 nitrogen and oxygen atoms in total. The summed E-state index contributed by atoms with van der Waals surface area (Å²) in [6.45, 7) is 3.35. The smallest absolute Gasteiger partial charge is 0.249 e. The van der Waals surface area contributed by atoms with E-state index in [2.05, 4.69) is 21.3 Å². The lowest BCUT2D eigenvalue weighted by Crippen LogP contribution is -2.47. The molecule has 2 fully saturated rings. The van der Waals surface area contributed by atoms with Gasteiger partial charge in [-0.25, -0.2) is 0 Å². The van der Waals surface area contributed by atoms with Crippen LogP contribution < -0.4 is 11.1 Å². The van der Waals surface area contributed by atoms with Gasteiger partial charge in [0.05, 0.1) is 11.8 Å². The minimum absolute atomic E-state index is 0.0316. The molecule has 23 heavy (non-hydrogen) atoms. The van der Waals surface area contributed by atoms with Gasteiger partial charge >= 0.3 is 0 Å². The van der Waals surface area contributed by atoms with Crippen molar-refractivity contribution in [1.82, 2.24) is 15.2 Å². The van der Waals surface area contributed by atoms with Gasteiger partial charge in [0.15, 0.2) is 0 Å². The second kappa shape index (κ2) is 7.86. The van der Waals surface area contributed by atoms with Crippen LogP contribution in [0, 0.1) is 0 Å². The zero-order chi connectivity index (χ0) is 16.1. The Morgan fingerprint density at radius 1 is 1.30 bits per heavy atom. The standard InChI is InChI=1S/C17H26N4O2/c18-11-15-4-5-16(23-15)17(22)20-13-6-9-21(10-7-13)12-14-3-1-2-8-19-14/h1-3,8,13,15-16H,4-7,9-12,18H2,(H,20,22)/t15-,16+/m1/s1. The van der Waals surface area contributed by atoms with Gasteiger partial charge in [-0.3, -0.25) is 14.7 Å². The summed E-state index contributed by atoms with van der Waals surface area (Å²) in [5.41, 5.74) is 6.69. The number of carbonyl (C=O) groups is 1. The molecular weight excluding hydrogens is 292 g/mol. The second-order valence-electron chi connectivity index (χ2n) is 6.44. The molecule has 3 N–H and O–H groups in total. The molecule has 1 aromatic heterocycles. The molecule has 0 spiro atoms. The number of amides is 1. The monoisotopic (exact) mass is 318 g/mol. The number of likely N-dealkylation sites (tertiary alicyclic amines) is 1. The summed E-state index contributed by atoms with van der Waals surface area (Å²) in [6.07, 6.45) is 5.19. The zero-order valence-corrected chi connectivity index (χ0v) is 13.5. The van der Waals surface area contributed by atoms with Crippen molar-refractivity contribution in [3.05, 3.63) is 30.1 Å². The summed E-state index contributed by atoms with van der Waals surface area (Å²) in [7, 11) is 0. The van der Waals surface area contributed by atoms with Crippen molar-refractivity contribution in [1.29, 1.82) is 0 Å². The van der Waals surface area contributed by atoms with E-state index in [0.29, 0.717) is 6.54 Å². The van der Waals surface area contributed by atoms with Crippen LogP contribution in [-0.4, -0.2) is 53.7 Å². The average Bonchev–Trinajstić information content (AvgIpc) is 3.07. The van der Waals surface area contributed by atoms with Crippen LogP contribution in [0.1, 0.15) is 31.4 Å². The van der Waals surface area contributed by atoms with E-state index < -0.39 is 0 Å². The van der Waals surface area contributed by atoms with E-state index in [-0.39, 0.29) is 24.2 Å². The van der Waals surface area contributed by atoms with Crippen molar-refractivity contribution < 1.29 is 9.53 Å². The van der Waals surface area contributed by atoms with Crippen LogP contribution in [0.25, 0.3) is 0 Å². The Kier molecular flexibility index (Phi) is 5.59. The Morgan fingerprint density at radius 3 is 2.78 bits per heavy atom. The van der Waals surface area contributed by atoms with Crippen LogP contribution in [-0.2, 0) is 16.1 Å². The summed E-state index contributed by atoms with van der Waals surface area (Å²) in [5.74, 6) is 0.0316. The molecule has 3 heterocycles. The van der Waals surface area contributed by atoms with E-state index in [4.69, 9.17) is 10.5 Å². The fraction of sp³-hybridized carbons (Fsp3) is 0.647. The number of carbonyl (C=O) groups excluding carboxylic acids is 1. The largest absolute Gasteiger partial charge is 0.364 e. The van der Waals surface area contributed by atoms with E-state index >= 15 is 0 Å². The third-order valence-corrected chi connectivity index (χ3v) is 4.71. The molecule has 0 aliphatic carbocycles. The van der Waals surface area contributed by atoms with Crippen molar-refractivity contribution in [3.63, 3.8) is 0 Å². The summed E-state index contributed by atoms with van der Waals surface area (Å²) < 4.78 is 5.66. The highest BCUT2D eigenvalue weighted by Gasteiger charge is 2.31. The quantitative estimate of drug-likeness (QED) is 0.834. The molecule has 3 rings (SSSR count). The molecule has 0 unspecified atom stereocenters. The van der Waals surface area contributed by atoms with Crippen molar-refractivity contribution >= 4 is 5.91 Å². The first-order valence-electron chi connectivity index (χ1n) is 8.53. The van der Waals surface area contributed by atoms with Gasteiger partial charge in [-0.1, -0.05) is 6.07 Å². The predicted octanol–water partition coefficient (Wildman–Crippen LogP) is 0.669. The van der Waals surface area contributed by atoms with E-state index in [1.54, 1.807) is 0 Å². The van der Waals surface area contributed by atoms with Gasteiger partial charge in [0, 0.05) is 38.4 Å². The average molecular weight is 318 g/mol. The maximum absolute atomic E-state index is 12.2. The minimum atomic E-state index is -0.310. The molecule has 126 valence electrons. The van der Waals surface area contributed by atoms with Crippen LogP contribution in [0.4, 0.5) is 0 Å². The fourth-order valence-electron chi connectivity index (χ4n) is 3.32. The van der Waals surface area contributed by atoms with Crippen molar-refractivity contribution in [2.75, 3.05) is 19.6 Å². The first-order valence-corrected chi connectivity index (χ1v) is 8.53. The van der Waals surface area contributed by atoms with Crippen molar-refractivity contribution in [2.45, 2.75) is 50.5 Å². The van der Waals surface area contributed by atoms with Crippen LogP contribution in [0.2, 0.25) is 0 Å². The topological polar surface area (TPSA) is 80.5 Å². The third kappa shape index (κ3) is 4.50. The van der Waals surface area contributed by atoms with E-state index in [1.165, 1.54) is 0 Å². The molecule has 6 heteroatoms. The highest BCUT2D eigenvalue weighted by Crippen LogP contribution is 2.20. The van der Waals surface area contributed by atoms with E-state index in [1.807, 2.05) is 18.3 Å². The Labute approximate surface area is 137 Å². The lowest BCUT2D eigenvalue weighted by molar-refractivity contribution is -0.132. The lowest BCUT2D eigenvalue weighted by Gasteiger charge is -2.32. The van der Waals surface area contributed by atoms with Crippen LogP contribution in [0.15, 0.2) is 24.4 Å². The fourth-order valence-corrected chi connectivity index (χ4v) is 3.32. The first kappa shape index (κ1) is 16.4. The molecule has 0 saturated carbocycles. The first-order chi connectivity index (χ1) is 11.2. The number of piperidine rings is 1. The Hall–Kier alpha value is -1.50. The summed E-state index contributed by atoms with van der Waals surface area (Å²) >= 11 is 0.